The number of hydrogen-bond donors (Lipinski definition) is 1. The predicted octanol–water partition coefficient (Wildman–Crippen LogP) is 5.32. The van der Waals surface area contributed by atoms with Crippen molar-refractivity contribution in [1.82, 2.24) is 0 Å². The van der Waals surface area contributed by atoms with Gasteiger partial charge < -0.3 is 5.32 Å². The summed E-state index contributed by atoms with van der Waals surface area (Å²) in [7, 11) is 0. The van der Waals surface area contributed by atoms with Gasteiger partial charge in [0, 0.05) is 9.50 Å². The van der Waals surface area contributed by atoms with Crippen molar-refractivity contribution in [3.8, 4) is 0 Å². The maximum absolute atomic E-state index is 12.2. The summed E-state index contributed by atoms with van der Waals surface area (Å²) in [5.41, 5.74) is 2.10. The van der Waals surface area contributed by atoms with Gasteiger partial charge in [0.25, 0.3) is 5.91 Å². The number of amides is 1. The van der Waals surface area contributed by atoms with Gasteiger partial charge in [0.05, 0.1) is 16.3 Å². The van der Waals surface area contributed by atoms with Crippen LogP contribution in [0.2, 0.25) is 10.0 Å². The molecule has 0 aliphatic heterocycles. The second-order valence-electron chi connectivity index (χ2n) is 4.06. The van der Waals surface area contributed by atoms with Gasteiger partial charge in [0.2, 0.25) is 0 Å². The lowest BCUT2D eigenvalue weighted by Crippen LogP contribution is -2.13. The number of hydrogen-bond acceptors (Lipinski definition) is 1. The first-order valence-corrected chi connectivity index (χ1v) is 7.05. The van der Waals surface area contributed by atoms with Crippen LogP contribution in [-0.4, -0.2) is 5.91 Å². The van der Waals surface area contributed by atoms with Crippen molar-refractivity contribution >= 4 is 50.7 Å². The molecule has 98 valence electrons. The first-order valence-electron chi connectivity index (χ1n) is 5.50. The molecule has 0 spiro atoms. The average molecular weight is 359 g/mol. The van der Waals surface area contributed by atoms with Crippen molar-refractivity contribution in [1.29, 1.82) is 0 Å². The number of carbonyl (C=O) groups excluding carboxylic acids is 1. The Hall–Kier alpha value is -1.03. The molecule has 1 N–H and O–H groups in total. The van der Waals surface area contributed by atoms with Crippen molar-refractivity contribution in [3.05, 3.63) is 62.0 Å². The molecule has 0 unspecified atom stereocenters. The molecule has 2 nitrogen and oxygen atoms in total. The SMILES string of the molecule is Cc1ccc(Br)c(C(=O)Nc2ccc(Cl)cc2Cl)c1. The van der Waals surface area contributed by atoms with E-state index in [1.165, 1.54) is 0 Å². The molecule has 0 atom stereocenters. The van der Waals surface area contributed by atoms with Crippen LogP contribution in [0.4, 0.5) is 5.69 Å². The Morgan fingerprint density at radius 3 is 2.58 bits per heavy atom. The highest BCUT2D eigenvalue weighted by atomic mass is 79.9. The molecule has 2 rings (SSSR count). The van der Waals surface area contributed by atoms with Crippen LogP contribution in [0, 0.1) is 6.92 Å². The molecule has 0 aromatic heterocycles. The molecule has 0 saturated carbocycles. The van der Waals surface area contributed by atoms with Crippen molar-refractivity contribution in [2.45, 2.75) is 6.92 Å². The van der Waals surface area contributed by atoms with E-state index in [-0.39, 0.29) is 5.91 Å². The van der Waals surface area contributed by atoms with Gasteiger partial charge in [-0.25, -0.2) is 0 Å². The van der Waals surface area contributed by atoms with Gasteiger partial charge in [0.15, 0.2) is 0 Å². The monoisotopic (exact) mass is 357 g/mol. The topological polar surface area (TPSA) is 29.1 Å². The average Bonchev–Trinajstić information content (AvgIpc) is 2.35. The van der Waals surface area contributed by atoms with E-state index in [4.69, 9.17) is 23.2 Å². The third-order valence-electron chi connectivity index (χ3n) is 2.55. The van der Waals surface area contributed by atoms with Crippen LogP contribution in [0.25, 0.3) is 0 Å². The normalized spacial score (nSPS) is 10.3. The number of carbonyl (C=O) groups is 1. The number of aryl methyl sites for hydroxylation is 1. The van der Waals surface area contributed by atoms with Crippen LogP contribution >= 0.6 is 39.1 Å². The lowest BCUT2D eigenvalue weighted by Gasteiger charge is -2.09. The summed E-state index contributed by atoms with van der Waals surface area (Å²) in [6.07, 6.45) is 0. The van der Waals surface area contributed by atoms with Gasteiger partial charge in [-0.3, -0.25) is 4.79 Å². The van der Waals surface area contributed by atoms with Crippen LogP contribution in [0.3, 0.4) is 0 Å². The van der Waals surface area contributed by atoms with E-state index in [0.29, 0.717) is 21.3 Å². The Kier molecular flexibility index (Phi) is 4.50. The van der Waals surface area contributed by atoms with E-state index < -0.39 is 0 Å². The second kappa shape index (κ2) is 5.95. The van der Waals surface area contributed by atoms with Crippen molar-refractivity contribution in [2.24, 2.45) is 0 Å². The van der Waals surface area contributed by atoms with Crippen LogP contribution in [0.1, 0.15) is 15.9 Å². The molecule has 2 aromatic carbocycles. The van der Waals surface area contributed by atoms with Crippen LogP contribution in [-0.2, 0) is 0 Å². The molecular formula is C14H10BrCl2NO. The van der Waals surface area contributed by atoms with Crippen molar-refractivity contribution in [2.75, 3.05) is 5.32 Å². The van der Waals surface area contributed by atoms with Gasteiger partial charge in [-0.1, -0.05) is 34.8 Å². The number of nitrogens with one attached hydrogen (secondary N) is 1. The molecule has 0 radical (unpaired) electrons. The van der Waals surface area contributed by atoms with Gasteiger partial charge in [0.1, 0.15) is 0 Å². The highest BCUT2D eigenvalue weighted by molar-refractivity contribution is 9.10. The Morgan fingerprint density at radius 2 is 1.89 bits per heavy atom. The standard InChI is InChI=1S/C14H10BrCl2NO/c1-8-2-4-11(15)10(6-8)14(19)18-13-5-3-9(16)7-12(13)17/h2-7H,1H3,(H,18,19). The number of halogens is 3. The predicted molar refractivity (Wildman–Crippen MR) is 83.3 cm³/mol. The first-order chi connectivity index (χ1) is 8.97. The van der Waals surface area contributed by atoms with Gasteiger partial charge >= 0.3 is 0 Å². The summed E-state index contributed by atoms with van der Waals surface area (Å²) in [5.74, 6) is -0.222. The molecule has 19 heavy (non-hydrogen) atoms. The molecular weight excluding hydrogens is 349 g/mol. The van der Waals surface area contributed by atoms with E-state index in [0.717, 1.165) is 10.0 Å². The smallest absolute Gasteiger partial charge is 0.256 e. The maximum atomic E-state index is 12.2. The fourth-order valence-electron chi connectivity index (χ4n) is 1.59. The largest absolute Gasteiger partial charge is 0.321 e. The maximum Gasteiger partial charge on any atom is 0.256 e. The van der Waals surface area contributed by atoms with Gasteiger partial charge in [-0.05, 0) is 53.2 Å². The third-order valence-corrected chi connectivity index (χ3v) is 3.79. The molecule has 0 bridgehead atoms. The Labute approximate surface area is 129 Å². The molecule has 0 aliphatic carbocycles. The van der Waals surface area contributed by atoms with Crippen molar-refractivity contribution in [3.63, 3.8) is 0 Å². The lowest BCUT2D eigenvalue weighted by atomic mass is 10.1. The minimum absolute atomic E-state index is 0.222. The van der Waals surface area contributed by atoms with E-state index in [2.05, 4.69) is 21.2 Å². The molecule has 0 fully saturated rings. The van der Waals surface area contributed by atoms with Crippen LogP contribution in [0.15, 0.2) is 40.9 Å². The molecule has 0 saturated heterocycles. The van der Waals surface area contributed by atoms with E-state index >= 15 is 0 Å². The fraction of sp³-hybridized carbons (Fsp3) is 0.0714. The Bertz CT molecular complexity index is 643. The van der Waals surface area contributed by atoms with Crippen molar-refractivity contribution < 1.29 is 4.79 Å². The second-order valence-corrected chi connectivity index (χ2v) is 5.76. The number of benzene rings is 2. The van der Waals surface area contributed by atoms with Gasteiger partial charge in [-0.2, -0.15) is 0 Å². The summed E-state index contributed by atoms with van der Waals surface area (Å²) in [6, 6.07) is 10.5. The fourth-order valence-corrected chi connectivity index (χ4v) is 2.48. The molecule has 2 aromatic rings. The summed E-state index contributed by atoms with van der Waals surface area (Å²) >= 11 is 15.2. The minimum atomic E-state index is -0.222. The van der Waals surface area contributed by atoms with Crippen LogP contribution < -0.4 is 5.32 Å². The van der Waals surface area contributed by atoms with Gasteiger partial charge in [-0.15, -0.1) is 0 Å². The quantitative estimate of drug-likeness (QED) is 0.773. The molecule has 1 amide bonds. The molecule has 5 heteroatoms. The summed E-state index contributed by atoms with van der Waals surface area (Å²) < 4.78 is 0.737. The zero-order valence-corrected chi connectivity index (χ0v) is 13.1. The highest BCUT2D eigenvalue weighted by Crippen LogP contribution is 2.27. The van der Waals surface area contributed by atoms with E-state index in [9.17, 15) is 4.79 Å². The lowest BCUT2D eigenvalue weighted by molar-refractivity contribution is 0.102. The van der Waals surface area contributed by atoms with Crippen LogP contribution in [0.5, 0.6) is 0 Å². The molecule has 0 aliphatic rings. The summed E-state index contributed by atoms with van der Waals surface area (Å²) in [5, 5.41) is 3.70. The zero-order chi connectivity index (χ0) is 14.0. The third kappa shape index (κ3) is 3.50. The number of anilines is 1. The zero-order valence-electron chi connectivity index (χ0n) is 10.0. The Balaban J connectivity index is 2.28. The number of rotatable bonds is 2. The summed E-state index contributed by atoms with van der Waals surface area (Å²) in [6.45, 7) is 1.93. The first kappa shape index (κ1) is 14.4. The van der Waals surface area contributed by atoms with E-state index in [1.807, 2.05) is 25.1 Å². The highest BCUT2D eigenvalue weighted by Gasteiger charge is 2.12. The Morgan fingerprint density at radius 1 is 1.16 bits per heavy atom. The van der Waals surface area contributed by atoms with E-state index in [1.54, 1.807) is 18.2 Å². The minimum Gasteiger partial charge on any atom is -0.321 e. The molecule has 0 heterocycles. The summed E-state index contributed by atoms with van der Waals surface area (Å²) in [4.78, 5) is 12.2.